The fourth-order valence-electron chi connectivity index (χ4n) is 0.983. The molecule has 1 aromatic rings. The van der Waals surface area contributed by atoms with Crippen LogP contribution in [0.15, 0.2) is 24.3 Å². The van der Waals surface area contributed by atoms with Crippen molar-refractivity contribution in [3.63, 3.8) is 0 Å². The van der Waals surface area contributed by atoms with Crippen LogP contribution >= 0.6 is 0 Å². The van der Waals surface area contributed by atoms with Gasteiger partial charge in [-0.25, -0.2) is 4.39 Å². The first-order valence-electron chi connectivity index (χ1n) is 3.97. The number of hydrogen-bond acceptors (Lipinski definition) is 1. The van der Waals surface area contributed by atoms with Gasteiger partial charge in [0.2, 0.25) is 0 Å². The molecule has 64 valence electrons. The van der Waals surface area contributed by atoms with Gasteiger partial charge in [-0.15, -0.1) is 0 Å². The molecule has 1 rings (SSSR count). The van der Waals surface area contributed by atoms with E-state index in [0.717, 1.165) is 18.4 Å². The van der Waals surface area contributed by atoms with Crippen molar-refractivity contribution < 1.29 is 4.39 Å². The predicted octanol–water partition coefficient (Wildman–Crippen LogP) is 2.80. The van der Waals surface area contributed by atoms with Crippen LogP contribution in [0.5, 0.6) is 0 Å². The van der Waals surface area contributed by atoms with Crippen molar-refractivity contribution in [1.29, 1.82) is 5.41 Å². The molecule has 12 heavy (non-hydrogen) atoms. The van der Waals surface area contributed by atoms with E-state index in [1.54, 1.807) is 19.1 Å². The van der Waals surface area contributed by atoms with Gasteiger partial charge in [-0.3, -0.25) is 0 Å². The standard InChI is InChI=1S/C10H12FN/c1-8(12)2-3-9-4-6-10(11)7-5-9/h4-7,12H,2-3H2,1H3. The molecule has 0 saturated carbocycles. The highest BCUT2D eigenvalue weighted by atomic mass is 19.1. The van der Waals surface area contributed by atoms with Gasteiger partial charge in [0, 0.05) is 5.71 Å². The summed E-state index contributed by atoms with van der Waals surface area (Å²) in [5.74, 6) is -0.203. The number of halogens is 1. The second-order valence-electron chi connectivity index (χ2n) is 2.91. The first kappa shape index (κ1) is 8.91. The van der Waals surface area contributed by atoms with Gasteiger partial charge < -0.3 is 5.41 Å². The summed E-state index contributed by atoms with van der Waals surface area (Å²) in [6, 6.07) is 6.43. The topological polar surface area (TPSA) is 23.9 Å². The van der Waals surface area contributed by atoms with Gasteiger partial charge in [-0.2, -0.15) is 0 Å². The van der Waals surface area contributed by atoms with Crippen molar-refractivity contribution in [2.75, 3.05) is 0 Å². The summed E-state index contributed by atoms with van der Waals surface area (Å²) in [5, 5.41) is 7.21. The molecule has 2 heteroatoms. The molecule has 0 aliphatic carbocycles. The molecule has 0 unspecified atom stereocenters. The average Bonchev–Trinajstić information content (AvgIpc) is 2.03. The zero-order valence-corrected chi connectivity index (χ0v) is 7.10. The van der Waals surface area contributed by atoms with Gasteiger partial charge in [-0.05, 0) is 37.5 Å². The van der Waals surface area contributed by atoms with Crippen LogP contribution in [0.3, 0.4) is 0 Å². The summed E-state index contributed by atoms with van der Waals surface area (Å²) in [6.45, 7) is 1.78. The van der Waals surface area contributed by atoms with Crippen molar-refractivity contribution in [3.8, 4) is 0 Å². The SMILES string of the molecule is CC(=N)CCc1ccc(F)cc1. The predicted molar refractivity (Wildman–Crippen MR) is 48.1 cm³/mol. The third-order valence-electron chi connectivity index (χ3n) is 1.70. The Bertz CT molecular complexity index is 264. The molecule has 0 saturated heterocycles. The Morgan fingerprint density at radius 2 is 1.92 bits per heavy atom. The van der Waals surface area contributed by atoms with Gasteiger partial charge in [0.05, 0.1) is 0 Å². The monoisotopic (exact) mass is 165 g/mol. The van der Waals surface area contributed by atoms with Gasteiger partial charge in [0.15, 0.2) is 0 Å². The van der Waals surface area contributed by atoms with E-state index >= 15 is 0 Å². The van der Waals surface area contributed by atoms with Crippen LogP contribution in [0.4, 0.5) is 4.39 Å². The lowest BCUT2D eigenvalue weighted by atomic mass is 10.1. The van der Waals surface area contributed by atoms with E-state index in [1.165, 1.54) is 12.1 Å². The minimum atomic E-state index is -0.203. The maximum absolute atomic E-state index is 12.4. The molecule has 1 N–H and O–H groups in total. The lowest BCUT2D eigenvalue weighted by Crippen LogP contribution is -1.92. The zero-order valence-electron chi connectivity index (χ0n) is 7.10. The average molecular weight is 165 g/mol. The molecule has 1 nitrogen and oxygen atoms in total. The maximum Gasteiger partial charge on any atom is 0.123 e. The van der Waals surface area contributed by atoms with E-state index in [4.69, 9.17) is 5.41 Å². The Balaban J connectivity index is 2.53. The molecule has 0 aliphatic rings. The molecular weight excluding hydrogens is 153 g/mol. The van der Waals surface area contributed by atoms with Gasteiger partial charge in [0.1, 0.15) is 5.82 Å². The van der Waals surface area contributed by atoms with Crippen molar-refractivity contribution in [3.05, 3.63) is 35.6 Å². The lowest BCUT2D eigenvalue weighted by Gasteiger charge is -1.98. The van der Waals surface area contributed by atoms with E-state index in [-0.39, 0.29) is 5.82 Å². The number of rotatable bonds is 3. The number of nitrogens with one attached hydrogen (secondary N) is 1. The fourth-order valence-corrected chi connectivity index (χ4v) is 0.983. The van der Waals surface area contributed by atoms with E-state index in [0.29, 0.717) is 5.71 Å². The highest BCUT2D eigenvalue weighted by molar-refractivity contribution is 5.78. The summed E-state index contributed by atoms with van der Waals surface area (Å²) in [4.78, 5) is 0. The largest absolute Gasteiger partial charge is 0.310 e. The smallest absolute Gasteiger partial charge is 0.123 e. The minimum Gasteiger partial charge on any atom is -0.310 e. The molecule has 0 radical (unpaired) electrons. The van der Waals surface area contributed by atoms with Crippen molar-refractivity contribution in [2.24, 2.45) is 0 Å². The second-order valence-corrected chi connectivity index (χ2v) is 2.91. The first-order valence-corrected chi connectivity index (χ1v) is 3.97. The number of aryl methyl sites for hydroxylation is 1. The van der Waals surface area contributed by atoms with Crippen LogP contribution in [-0.4, -0.2) is 5.71 Å². The highest BCUT2D eigenvalue weighted by Gasteiger charge is 1.94. The van der Waals surface area contributed by atoms with Crippen LogP contribution in [0.2, 0.25) is 0 Å². The van der Waals surface area contributed by atoms with Crippen molar-refractivity contribution in [2.45, 2.75) is 19.8 Å². The molecule has 0 spiro atoms. The summed E-state index contributed by atoms with van der Waals surface area (Å²) in [6.07, 6.45) is 1.58. The molecular formula is C10H12FN. The summed E-state index contributed by atoms with van der Waals surface area (Å²) in [5.41, 5.74) is 1.75. The molecule has 0 aromatic heterocycles. The van der Waals surface area contributed by atoms with E-state index < -0.39 is 0 Å². The van der Waals surface area contributed by atoms with Gasteiger partial charge >= 0.3 is 0 Å². The second kappa shape index (κ2) is 4.00. The van der Waals surface area contributed by atoms with Crippen molar-refractivity contribution >= 4 is 5.71 Å². The minimum absolute atomic E-state index is 0.203. The van der Waals surface area contributed by atoms with E-state index in [1.807, 2.05) is 0 Å². The summed E-state index contributed by atoms with van der Waals surface area (Å²) < 4.78 is 12.4. The molecule has 0 bridgehead atoms. The molecule has 0 aliphatic heterocycles. The van der Waals surface area contributed by atoms with E-state index in [9.17, 15) is 4.39 Å². The third kappa shape index (κ3) is 2.82. The van der Waals surface area contributed by atoms with Crippen LogP contribution in [0.1, 0.15) is 18.9 Å². The van der Waals surface area contributed by atoms with Crippen molar-refractivity contribution in [1.82, 2.24) is 0 Å². The highest BCUT2D eigenvalue weighted by Crippen LogP contribution is 2.05. The Morgan fingerprint density at radius 1 is 1.33 bits per heavy atom. The van der Waals surface area contributed by atoms with Crippen LogP contribution < -0.4 is 0 Å². The Morgan fingerprint density at radius 3 is 2.42 bits per heavy atom. The zero-order chi connectivity index (χ0) is 8.97. The van der Waals surface area contributed by atoms with Crippen LogP contribution in [0, 0.1) is 11.2 Å². The Labute approximate surface area is 71.7 Å². The van der Waals surface area contributed by atoms with Crippen LogP contribution in [0.25, 0.3) is 0 Å². The Kier molecular flexibility index (Phi) is 2.97. The van der Waals surface area contributed by atoms with Gasteiger partial charge in [-0.1, -0.05) is 12.1 Å². The quantitative estimate of drug-likeness (QED) is 0.666. The fraction of sp³-hybridized carbons (Fsp3) is 0.300. The number of hydrogen-bond donors (Lipinski definition) is 1. The maximum atomic E-state index is 12.4. The van der Waals surface area contributed by atoms with Crippen LogP contribution in [-0.2, 0) is 6.42 Å². The summed E-state index contributed by atoms with van der Waals surface area (Å²) >= 11 is 0. The lowest BCUT2D eigenvalue weighted by molar-refractivity contribution is 0.627. The molecule has 0 amide bonds. The Hall–Kier alpha value is -1.18. The molecule has 0 fully saturated rings. The normalized spacial score (nSPS) is 9.83. The molecule has 1 aromatic carbocycles. The van der Waals surface area contributed by atoms with E-state index in [2.05, 4.69) is 0 Å². The third-order valence-corrected chi connectivity index (χ3v) is 1.70. The van der Waals surface area contributed by atoms with Gasteiger partial charge in [0.25, 0.3) is 0 Å². The summed E-state index contributed by atoms with van der Waals surface area (Å²) in [7, 11) is 0. The molecule has 0 heterocycles. The first-order chi connectivity index (χ1) is 5.68. The molecule has 0 atom stereocenters. The number of benzene rings is 1.